The second kappa shape index (κ2) is 5.57. The minimum absolute atomic E-state index is 0.141. The predicted octanol–water partition coefficient (Wildman–Crippen LogP) is -0.266. The number of hydrogen-bond donors (Lipinski definition) is 3. The van der Waals surface area contributed by atoms with Crippen molar-refractivity contribution in [3.63, 3.8) is 0 Å². The fraction of sp³-hybridized carbons (Fsp3) is 0.571. The largest absolute Gasteiger partial charge is 0.409 e. The van der Waals surface area contributed by atoms with E-state index in [2.05, 4.69) is 16.4 Å². The minimum atomic E-state index is 0.141. The topological polar surface area (TPSA) is 70.6 Å². The Morgan fingerprint density at radius 3 is 3.00 bits per heavy atom. The SMILES string of the molecule is C#CCNC(C)CC(N)=NO. The summed E-state index contributed by atoms with van der Waals surface area (Å²) in [6.07, 6.45) is 5.51. The van der Waals surface area contributed by atoms with Crippen LogP contribution in [0.4, 0.5) is 0 Å². The van der Waals surface area contributed by atoms with Crippen LogP contribution in [0.5, 0.6) is 0 Å². The molecule has 0 aliphatic carbocycles. The van der Waals surface area contributed by atoms with Gasteiger partial charge in [0.25, 0.3) is 0 Å². The molecular formula is C7H13N3O. The van der Waals surface area contributed by atoms with Crippen LogP contribution in [0, 0.1) is 12.3 Å². The molecule has 4 heteroatoms. The van der Waals surface area contributed by atoms with Gasteiger partial charge in [-0.05, 0) is 6.92 Å². The lowest BCUT2D eigenvalue weighted by Gasteiger charge is -2.09. The summed E-state index contributed by atoms with van der Waals surface area (Å²) in [5.41, 5.74) is 5.25. The molecular weight excluding hydrogens is 142 g/mol. The van der Waals surface area contributed by atoms with E-state index in [-0.39, 0.29) is 11.9 Å². The maximum atomic E-state index is 8.20. The van der Waals surface area contributed by atoms with Crippen molar-refractivity contribution in [1.29, 1.82) is 0 Å². The molecule has 0 aliphatic heterocycles. The first-order valence-electron chi connectivity index (χ1n) is 3.34. The molecule has 11 heavy (non-hydrogen) atoms. The van der Waals surface area contributed by atoms with E-state index in [1.165, 1.54) is 0 Å². The molecule has 0 aromatic heterocycles. The van der Waals surface area contributed by atoms with Crippen LogP contribution in [-0.2, 0) is 0 Å². The van der Waals surface area contributed by atoms with E-state index in [1.54, 1.807) is 0 Å². The van der Waals surface area contributed by atoms with Crippen LogP contribution in [0.3, 0.4) is 0 Å². The molecule has 0 bridgehead atoms. The van der Waals surface area contributed by atoms with E-state index in [9.17, 15) is 0 Å². The van der Waals surface area contributed by atoms with Crippen LogP contribution < -0.4 is 11.1 Å². The Hall–Kier alpha value is -1.21. The number of terminal acetylenes is 1. The molecule has 0 aliphatic rings. The molecule has 0 aromatic rings. The highest BCUT2D eigenvalue weighted by Gasteiger charge is 2.01. The molecule has 1 unspecified atom stereocenters. The van der Waals surface area contributed by atoms with Crippen molar-refractivity contribution >= 4 is 5.84 Å². The number of nitrogens with one attached hydrogen (secondary N) is 1. The van der Waals surface area contributed by atoms with Crippen molar-refractivity contribution in [2.24, 2.45) is 10.9 Å². The van der Waals surface area contributed by atoms with Gasteiger partial charge in [0.2, 0.25) is 0 Å². The number of oxime groups is 1. The van der Waals surface area contributed by atoms with Crippen LogP contribution in [0.15, 0.2) is 5.16 Å². The minimum Gasteiger partial charge on any atom is -0.409 e. The maximum absolute atomic E-state index is 8.20. The van der Waals surface area contributed by atoms with Crippen molar-refractivity contribution in [2.75, 3.05) is 6.54 Å². The molecule has 0 radical (unpaired) electrons. The summed E-state index contributed by atoms with van der Waals surface area (Å²) in [6, 6.07) is 0.141. The number of nitrogens with zero attached hydrogens (tertiary/aromatic N) is 1. The Labute approximate surface area is 66.5 Å². The van der Waals surface area contributed by atoms with Crippen molar-refractivity contribution < 1.29 is 5.21 Å². The van der Waals surface area contributed by atoms with Crippen molar-refractivity contribution in [1.82, 2.24) is 5.32 Å². The molecule has 0 spiro atoms. The van der Waals surface area contributed by atoms with E-state index in [0.29, 0.717) is 13.0 Å². The van der Waals surface area contributed by atoms with E-state index in [4.69, 9.17) is 17.4 Å². The molecule has 0 amide bonds. The van der Waals surface area contributed by atoms with Crippen molar-refractivity contribution in [3.05, 3.63) is 0 Å². The molecule has 0 aromatic carbocycles. The second-order valence-electron chi connectivity index (χ2n) is 2.28. The van der Waals surface area contributed by atoms with Gasteiger partial charge in [-0.15, -0.1) is 6.42 Å². The van der Waals surface area contributed by atoms with Gasteiger partial charge in [0.15, 0.2) is 0 Å². The Kier molecular flexibility index (Phi) is 4.95. The third-order valence-corrected chi connectivity index (χ3v) is 1.20. The fourth-order valence-electron chi connectivity index (χ4n) is 0.660. The smallest absolute Gasteiger partial charge is 0.140 e. The van der Waals surface area contributed by atoms with Gasteiger partial charge in [0, 0.05) is 12.5 Å². The zero-order chi connectivity index (χ0) is 8.69. The summed E-state index contributed by atoms with van der Waals surface area (Å²) in [5, 5.41) is 14.0. The fourth-order valence-corrected chi connectivity index (χ4v) is 0.660. The van der Waals surface area contributed by atoms with Crippen LogP contribution in [0.1, 0.15) is 13.3 Å². The first kappa shape index (κ1) is 9.79. The third kappa shape index (κ3) is 5.25. The van der Waals surface area contributed by atoms with E-state index in [1.807, 2.05) is 6.92 Å². The summed E-state index contributed by atoms with van der Waals surface area (Å²) in [5.74, 6) is 2.65. The first-order valence-corrected chi connectivity index (χ1v) is 3.34. The zero-order valence-corrected chi connectivity index (χ0v) is 6.54. The third-order valence-electron chi connectivity index (χ3n) is 1.20. The van der Waals surface area contributed by atoms with E-state index >= 15 is 0 Å². The van der Waals surface area contributed by atoms with Gasteiger partial charge in [-0.25, -0.2) is 0 Å². The molecule has 0 rings (SSSR count). The zero-order valence-electron chi connectivity index (χ0n) is 6.54. The Bertz CT molecular complexity index is 171. The van der Waals surface area contributed by atoms with Crippen LogP contribution >= 0.6 is 0 Å². The average Bonchev–Trinajstić information content (AvgIpc) is 2.00. The van der Waals surface area contributed by atoms with E-state index in [0.717, 1.165) is 0 Å². The summed E-state index contributed by atoms with van der Waals surface area (Å²) in [7, 11) is 0. The summed E-state index contributed by atoms with van der Waals surface area (Å²) in [6.45, 7) is 2.41. The molecule has 4 N–H and O–H groups in total. The summed E-state index contributed by atoms with van der Waals surface area (Å²) in [4.78, 5) is 0. The molecule has 0 fully saturated rings. The highest BCUT2D eigenvalue weighted by Crippen LogP contribution is 1.88. The number of rotatable bonds is 4. The highest BCUT2D eigenvalue weighted by molar-refractivity contribution is 5.80. The van der Waals surface area contributed by atoms with Gasteiger partial charge in [-0.3, -0.25) is 0 Å². The van der Waals surface area contributed by atoms with Gasteiger partial charge in [0.05, 0.1) is 6.54 Å². The molecule has 1 atom stereocenters. The second-order valence-corrected chi connectivity index (χ2v) is 2.28. The standard InChI is InChI=1S/C7H13N3O/c1-3-4-9-6(2)5-7(8)10-11/h1,6,9,11H,4-5H2,2H3,(H2,8,10). The Balaban J connectivity index is 3.53. The average molecular weight is 155 g/mol. The normalized spacial score (nSPS) is 14.0. The number of nitrogens with two attached hydrogens (primary N) is 1. The lowest BCUT2D eigenvalue weighted by atomic mass is 10.2. The molecule has 62 valence electrons. The van der Waals surface area contributed by atoms with Gasteiger partial charge in [0.1, 0.15) is 5.84 Å². The summed E-state index contributed by atoms with van der Waals surface area (Å²) >= 11 is 0. The maximum Gasteiger partial charge on any atom is 0.140 e. The van der Waals surface area contributed by atoms with Gasteiger partial charge in [-0.2, -0.15) is 0 Å². The van der Waals surface area contributed by atoms with Crippen molar-refractivity contribution in [2.45, 2.75) is 19.4 Å². The predicted molar refractivity (Wildman–Crippen MR) is 44.3 cm³/mol. The summed E-state index contributed by atoms with van der Waals surface area (Å²) < 4.78 is 0. The van der Waals surface area contributed by atoms with Crippen molar-refractivity contribution in [3.8, 4) is 12.3 Å². The molecule has 0 saturated heterocycles. The van der Waals surface area contributed by atoms with E-state index < -0.39 is 0 Å². The number of amidine groups is 1. The lowest BCUT2D eigenvalue weighted by Crippen LogP contribution is -2.31. The Morgan fingerprint density at radius 1 is 1.91 bits per heavy atom. The van der Waals surface area contributed by atoms with Gasteiger partial charge in [-0.1, -0.05) is 11.1 Å². The first-order chi connectivity index (χ1) is 5.20. The van der Waals surface area contributed by atoms with Crippen LogP contribution in [0.25, 0.3) is 0 Å². The molecule has 0 heterocycles. The van der Waals surface area contributed by atoms with Crippen LogP contribution in [0.2, 0.25) is 0 Å². The quantitative estimate of drug-likeness (QED) is 0.172. The van der Waals surface area contributed by atoms with Gasteiger partial charge < -0.3 is 16.3 Å². The highest BCUT2D eigenvalue weighted by atomic mass is 16.4. The monoisotopic (exact) mass is 155 g/mol. The van der Waals surface area contributed by atoms with Crippen LogP contribution in [-0.4, -0.2) is 23.6 Å². The Morgan fingerprint density at radius 2 is 2.55 bits per heavy atom. The molecule has 4 nitrogen and oxygen atoms in total. The molecule has 0 saturated carbocycles. The van der Waals surface area contributed by atoms with Gasteiger partial charge >= 0.3 is 0 Å². The number of hydrogen-bond acceptors (Lipinski definition) is 3. The lowest BCUT2D eigenvalue weighted by molar-refractivity contribution is 0.316.